The topological polar surface area (TPSA) is 98.5 Å². The second kappa shape index (κ2) is 7.52. The molecule has 0 unspecified atom stereocenters. The molecule has 2 heterocycles. The van der Waals surface area contributed by atoms with Gasteiger partial charge in [-0.1, -0.05) is 23.4 Å². The molecule has 0 aliphatic carbocycles. The van der Waals surface area contributed by atoms with Crippen LogP contribution in [0, 0.1) is 0 Å². The van der Waals surface area contributed by atoms with Gasteiger partial charge in [0.15, 0.2) is 0 Å². The maximum Gasteiger partial charge on any atom is 0.251 e. The first kappa shape index (κ1) is 16.6. The van der Waals surface area contributed by atoms with Crippen molar-refractivity contribution in [2.45, 2.75) is 31.4 Å². The van der Waals surface area contributed by atoms with Gasteiger partial charge >= 0.3 is 0 Å². The Balaban J connectivity index is 1.65. The van der Waals surface area contributed by atoms with Crippen LogP contribution in [0.1, 0.15) is 16.1 Å². The normalized spacial score (nSPS) is 23.3. The number of carbonyl (C=O) groups is 1. The molecule has 1 saturated heterocycles. The van der Waals surface area contributed by atoms with Gasteiger partial charge in [-0.05, 0) is 12.1 Å². The van der Waals surface area contributed by atoms with E-state index in [2.05, 4.69) is 15.6 Å². The molecule has 3 atom stereocenters. The fourth-order valence-electron chi connectivity index (χ4n) is 2.68. The number of amides is 1. The van der Waals surface area contributed by atoms with Gasteiger partial charge in [-0.25, -0.2) is 4.68 Å². The van der Waals surface area contributed by atoms with E-state index < -0.39 is 12.1 Å². The lowest BCUT2D eigenvalue weighted by atomic mass is 10.1. The Hall–Kier alpha value is -2.29. The number of aliphatic hydroxyl groups is 1. The van der Waals surface area contributed by atoms with Crippen LogP contribution in [0.15, 0.2) is 36.5 Å². The quantitative estimate of drug-likeness (QED) is 0.772. The SMILES string of the molecule is COCc1cn(C[C@H]2OC[C@H](O)[C@H]2NC(=O)c2ccccc2)nn1. The van der Waals surface area contributed by atoms with Crippen LogP contribution < -0.4 is 5.32 Å². The highest BCUT2D eigenvalue weighted by Gasteiger charge is 2.37. The Morgan fingerprint density at radius 2 is 2.25 bits per heavy atom. The van der Waals surface area contributed by atoms with Crippen LogP contribution in [0.25, 0.3) is 0 Å². The minimum atomic E-state index is -0.760. The van der Waals surface area contributed by atoms with Crippen LogP contribution in [0.3, 0.4) is 0 Å². The summed E-state index contributed by atoms with van der Waals surface area (Å²) in [5.74, 6) is -0.242. The number of aliphatic hydroxyl groups excluding tert-OH is 1. The summed E-state index contributed by atoms with van der Waals surface area (Å²) in [4.78, 5) is 12.3. The third kappa shape index (κ3) is 3.78. The summed E-state index contributed by atoms with van der Waals surface area (Å²) in [6, 6.07) is 8.37. The molecule has 1 aromatic heterocycles. The Labute approximate surface area is 139 Å². The maximum atomic E-state index is 12.3. The number of ether oxygens (including phenoxy) is 2. The van der Waals surface area contributed by atoms with E-state index in [1.165, 1.54) is 0 Å². The van der Waals surface area contributed by atoms with E-state index in [1.807, 2.05) is 6.07 Å². The van der Waals surface area contributed by atoms with Crippen molar-refractivity contribution >= 4 is 5.91 Å². The van der Waals surface area contributed by atoms with Gasteiger partial charge in [-0.15, -0.1) is 5.10 Å². The molecule has 1 amide bonds. The Bertz CT molecular complexity index is 676. The van der Waals surface area contributed by atoms with Crippen molar-refractivity contribution in [3.05, 3.63) is 47.8 Å². The van der Waals surface area contributed by atoms with Crippen LogP contribution >= 0.6 is 0 Å². The zero-order valence-electron chi connectivity index (χ0n) is 13.3. The predicted molar refractivity (Wildman–Crippen MR) is 84.2 cm³/mol. The molecule has 1 aromatic carbocycles. The number of benzene rings is 1. The standard InChI is InChI=1S/C16H20N4O4/c1-23-9-12-7-20(19-18-12)8-14-15(13(21)10-24-14)17-16(22)11-5-3-2-4-6-11/h2-7,13-15,21H,8-10H2,1H3,(H,17,22)/t13-,14+,15+/m0/s1. The number of hydrogen-bond acceptors (Lipinski definition) is 6. The Morgan fingerprint density at radius 1 is 1.46 bits per heavy atom. The number of carbonyl (C=O) groups excluding carboxylic acids is 1. The lowest BCUT2D eigenvalue weighted by Gasteiger charge is -2.21. The van der Waals surface area contributed by atoms with Gasteiger partial charge in [0, 0.05) is 12.7 Å². The molecular formula is C16H20N4O4. The van der Waals surface area contributed by atoms with Crippen LogP contribution in [-0.4, -0.2) is 58.0 Å². The molecule has 128 valence electrons. The monoisotopic (exact) mass is 332 g/mol. The number of nitrogens with zero attached hydrogens (tertiary/aromatic N) is 3. The predicted octanol–water partition coefficient (Wildman–Crippen LogP) is -0.0172. The molecule has 1 fully saturated rings. The summed E-state index contributed by atoms with van der Waals surface area (Å²) in [7, 11) is 1.59. The van der Waals surface area contributed by atoms with E-state index in [-0.39, 0.29) is 18.6 Å². The third-order valence-electron chi connectivity index (χ3n) is 3.88. The van der Waals surface area contributed by atoms with E-state index in [1.54, 1.807) is 42.3 Å². The summed E-state index contributed by atoms with van der Waals surface area (Å²) in [6.07, 6.45) is 0.613. The zero-order chi connectivity index (χ0) is 16.9. The number of rotatable bonds is 6. The van der Waals surface area contributed by atoms with Gasteiger partial charge in [-0.2, -0.15) is 0 Å². The molecule has 1 aliphatic rings. The van der Waals surface area contributed by atoms with Crippen molar-refractivity contribution in [3.8, 4) is 0 Å². The van der Waals surface area contributed by atoms with E-state index in [4.69, 9.17) is 9.47 Å². The molecular weight excluding hydrogens is 312 g/mol. The highest BCUT2D eigenvalue weighted by Crippen LogP contribution is 2.17. The van der Waals surface area contributed by atoms with Gasteiger partial charge in [-0.3, -0.25) is 4.79 Å². The largest absolute Gasteiger partial charge is 0.388 e. The highest BCUT2D eigenvalue weighted by molar-refractivity contribution is 5.94. The molecule has 8 heteroatoms. The average Bonchev–Trinajstić information content (AvgIpc) is 3.17. The minimum absolute atomic E-state index is 0.171. The molecule has 2 aromatic rings. The van der Waals surface area contributed by atoms with Crippen molar-refractivity contribution in [3.63, 3.8) is 0 Å². The van der Waals surface area contributed by atoms with Gasteiger partial charge in [0.25, 0.3) is 5.91 Å². The van der Waals surface area contributed by atoms with E-state index >= 15 is 0 Å². The summed E-state index contributed by atoms with van der Waals surface area (Å²) >= 11 is 0. The summed E-state index contributed by atoms with van der Waals surface area (Å²) < 4.78 is 12.2. The van der Waals surface area contributed by atoms with Crippen LogP contribution in [0.2, 0.25) is 0 Å². The fourth-order valence-corrected chi connectivity index (χ4v) is 2.68. The molecule has 0 bridgehead atoms. The molecule has 1 aliphatic heterocycles. The number of nitrogens with one attached hydrogen (secondary N) is 1. The average molecular weight is 332 g/mol. The number of methoxy groups -OCH3 is 1. The van der Waals surface area contributed by atoms with Crippen LogP contribution in [0.4, 0.5) is 0 Å². The zero-order valence-corrected chi connectivity index (χ0v) is 13.3. The van der Waals surface area contributed by atoms with Gasteiger partial charge in [0.2, 0.25) is 0 Å². The second-order valence-corrected chi connectivity index (χ2v) is 5.67. The van der Waals surface area contributed by atoms with Gasteiger partial charge in [0.1, 0.15) is 17.9 Å². The Morgan fingerprint density at radius 3 is 3.00 bits per heavy atom. The van der Waals surface area contributed by atoms with Crippen molar-refractivity contribution in [1.82, 2.24) is 20.3 Å². The first-order valence-electron chi connectivity index (χ1n) is 7.71. The van der Waals surface area contributed by atoms with Crippen molar-refractivity contribution in [1.29, 1.82) is 0 Å². The molecule has 0 spiro atoms. The molecule has 0 radical (unpaired) electrons. The molecule has 2 N–H and O–H groups in total. The van der Waals surface area contributed by atoms with E-state index in [0.717, 1.165) is 0 Å². The van der Waals surface area contributed by atoms with Crippen LogP contribution in [-0.2, 0) is 22.6 Å². The summed E-state index contributed by atoms with van der Waals surface area (Å²) in [6.45, 7) is 0.930. The van der Waals surface area contributed by atoms with Crippen LogP contribution in [0.5, 0.6) is 0 Å². The van der Waals surface area contributed by atoms with E-state index in [9.17, 15) is 9.90 Å². The maximum absolute atomic E-state index is 12.3. The van der Waals surface area contributed by atoms with E-state index in [0.29, 0.717) is 24.4 Å². The van der Waals surface area contributed by atoms with Crippen molar-refractivity contribution in [2.75, 3.05) is 13.7 Å². The highest BCUT2D eigenvalue weighted by atomic mass is 16.5. The Kier molecular flexibility index (Phi) is 5.19. The smallest absolute Gasteiger partial charge is 0.251 e. The molecule has 0 saturated carbocycles. The lowest BCUT2D eigenvalue weighted by Crippen LogP contribution is -2.48. The molecule has 8 nitrogen and oxygen atoms in total. The number of aromatic nitrogens is 3. The molecule has 24 heavy (non-hydrogen) atoms. The first-order chi connectivity index (χ1) is 11.7. The second-order valence-electron chi connectivity index (χ2n) is 5.67. The van der Waals surface area contributed by atoms with Gasteiger partial charge in [0.05, 0.1) is 32.0 Å². The first-order valence-corrected chi connectivity index (χ1v) is 7.71. The minimum Gasteiger partial charge on any atom is -0.388 e. The lowest BCUT2D eigenvalue weighted by molar-refractivity contribution is 0.0711. The number of hydrogen-bond donors (Lipinski definition) is 2. The fraction of sp³-hybridized carbons (Fsp3) is 0.438. The summed E-state index contributed by atoms with van der Waals surface area (Å²) in [5.41, 5.74) is 1.25. The third-order valence-corrected chi connectivity index (χ3v) is 3.88. The van der Waals surface area contributed by atoms with Gasteiger partial charge < -0.3 is 19.9 Å². The van der Waals surface area contributed by atoms with Crippen molar-refractivity contribution < 1.29 is 19.4 Å². The molecule has 3 rings (SSSR count). The van der Waals surface area contributed by atoms with Crippen molar-refractivity contribution in [2.24, 2.45) is 0 Å². The summed E-state index contributed by atoms with van der Waals surface area (Å²) in [5, 5.41) is 21.0.